The molecule has 0 bridgehead atoms. The van der Waals surface area contributed by atoms with Gasteiger partial charge in [0.2, 0.25) is 0 Å². The molecule has 3 aromatic rings. The molecule has 0 saturated carbocycles. The van der Waals surface area contributed by atoms with Crippen LogP contribution in [0.25, 0.3) is 27.7 Å². The number of fused-ring (bicyclic) bond motifs is 1. The van der Waals surface area contributed by atoms with Crippen LogP contribution in [0.2, 0.25) is 0 Å². The molecule has 0 radical (unpaired) electrons. The number of carbonyl (C=O) groups is 1. The largest absolute Gasteiger partial charge is 0.504 e. The highest BCUT2D eigenvalue weighted by molar-refractivity contribution is 6.01. The van der Waals surface area contributed by atoms with Crippen LogP contribution < -0.4 is 5.73 Å². The summed E-state index contributed by atoms with van der Waals surface area (Å²) < 4.78 is 4.91. The molecule has 1 aromatic carbocycles. The lowest BCUT2D eigenvalue weighted by molar-refractivity contribution is 0.0738. The van der Waals surface area contributed by atoms with Crippen molar-refractivity contribution in [1.82, 2.24) is 19.8 Å². The van der Waals surface area contributed by atoms with Gasteiger partial charge >= 0.3 is 0 Å². The van der Waals surface area contributed by atoms with Crippen molar-refractivity contribution in [2.24, 2.45) is 0 Å². The molecule has 3 N–H and O–H groups in total. The van der Waals surface area contributed by atoms with Gasteiger partial charge in [0.25, 0.3) is 5.91 Å². The number of carbonyl (C=O) groups excluding carboxylic acids is 1. The van der Waals surface area contributed by atoms with E-state index in [-0.39, 0.29) is 11.9 Å². The summed E-state index contributed by atoms with van der Waals surface area (Å²) in [5.74, 6) is -0.0471. The first kappa shape index (κ1) is 27.7. The second kappa shape index (κ2) is 12.9. The van der Waals surface area contributed by atoms with Gasteiger partial charge in [-0.15, -0.1) is 0 Å². The lowest BCUT2D eigenvalue weighted by Gasteiger charge is -2.25. The number of benzene rings is 1. The Balaban J connectivity index is 0.00000186. The SMILES string of the molecule is CC.CO/C=C/C=C\C=C(/C)c1c[nH]c2ncc(-c3ccc(N)c(C(=O)N(C)C4CCN(C)C4)c3)cc12. The average Bonchev–Trinajstić information content (AvgIpc) is 3.55. The highest BCUT2D eigenvalue weighted by Gasteiger charge is 2.28. The number of likely N-dealkylation sites (N-methyl/N-ethyl adjacent to an activating group) is 2. The zero-order valence-electron chi connectivity index (χ0n) is 22.8. The third-order valence-electron chi connectivity index (χ3n) is 6.59. The molecule has 7 nitrogen and oxygen atoms in total. The van der Waals surface area contributed by atoms with Crippen LogP contribution >= 0.6 is 0 Å². The molecule has 1 aliphatic rings. The van der Waals surface area contributed by atoms with Crippen LogP contribution in [0.1, 0.15) is 43.1 Å². The van der Waals surface area contributed by atoms with Gasteiger partial charge in [-0.25, -0.2) is 4.98 Å². The Morgan fingerprint density at radius 3 is 2.68 bits per heavy atom. The summed E-state index contributed by atoms with van der Waals surface area (Å²) in [7, 11) is 5.57. The molecule has 3 heterocycles. The quantitative estimate of drug-likeness (QED) is 0.245. The van der Waals surface area contributed by atoms with Crippen molar-refractivity contribution in [1.29, 1.82) is 0 Å². The summed E-state index contributed by atoms with van der Waals surface area (Å²) in [4.78, 5) is 25.2. The number of methoxy groups -OCH3 is 1. The molecule has 1 aliphatic heterocycles. The lowest BCUT2D eigenvalue weighted by atomic mass is 10.00. The fraction of sp³-hybridized carbons (Fsp3) is 0.333. The molecule has 2 aromatic heterocycles. The van der Waals surface area contributed by atoms with E-state index in [0.717, 1.165) is 52.8 Å². The lowest BCUT2D eigenvalue weighted by Crippen LogP contribution is -2.38. The Morgan fingerprint density at radius 2 is 1.97 bits per heavy atom. The number of aromatic amines is 1. The smallest absolute Gasteiger partial charge is 0.256 e. The number of rotatable bonds is 7. The number of aromatic nitrogens is 2. The van der Waals surface area contributed by atoms with E-state index in [1.165, 1.54) is 0 Å². The van der Waals surface area contributed by atoms with Gasteiger partial charge in [0.15, 0.2) is 0 Å². The van der Waals surface area contributed by atoms with Gasteiger partial charge in [-0.1, -0.05) is 38.1 Å². The fourth-order valence-corrected chi connectivity index (χ4v) is 4.47. The summed E-state index contributed by atoms with van der Waals surface area (Å²) in [6, 6.07) is 7.94. The number of likely N-dealkylation sites (tertiary alicyclic amines) is 1. The van der Waals surface area contributed by atoms with Gasteiger partial charge in [0.1, 0.15) is 5.65 Å². The number of nitrogen functional groups attached to an aromatic ring is 1. The predicted octanol–water partition coefficient (Wildman–Crippen LogP) is 5.73. The fourth-order valence-electron chi connectivity index (χ4n) is 4.47. The van der Waals surface area contributed by atoms with E-state index in [1.54, 1.807) is 13.4 Å². The van der Waals surface area contributed by atoms with E-state index < -0.39 is 0 Å². The van der Waals surface area contributed by atoms with E-state index in [0.29, 0.717) is 11.3 Å². The van der Waals surface area contributed by atoms with E-state index in [4.69, 9.17) is 10.5 Å². The minimum absolute atomic E-state index is 0.0471. The number of hydrogen-bond donors (Lipinski definition) is 2. The first-order valence-corrected chi connectivity index (χ1v) is 12.7. The van der Waals surface area contributed by atoms with Crippen molar-refractivity contribution in [2.75, 3.05) is 40.0 Å². The van der Waals surface area contributed by atoms with Crippen LogP contribution in [0.3, 0.4) is 0 Å². The normalized spacial score (nSPS) is 16.4. The van der Waals surface area contributed by atoms with E-state index in [1.807, 2.05) is 80.7 Å². The molecule has 0 aliphatic carbocycles. The third kappa shape index (κ3) is 6.49. The minimum atomic E-state index is -0.0471. The maximum absolute atomic E-state index is 13.3. The molecule has 4 rings (SSSR count). The highest BCUT2D eigenvalue weighted by atomic mass is 16.5. The highest BCUT2D eigenvalue weighted by Crippen LogP contribution is 2.30. The summed E-state index contributed by atoms with van der Waals surface area (Å²) >= 11 is 0. The third-order valence-corrected chi connectivity index (χ3v) is 6.59. The van der Waals surface area contributed by atoms with Crippen LogP contribution in [0, 0.1) is 0 Å². The number of nitrogens with zero attached hydrogens (tertiary/aromatic N) is 3. The Bertz CT molecular complexity index is 1300. The molecular formula is C30H39N5O2. The number of allylic oxidation sites excluding steroid dienone is 5. The molecule has 1 amide bonds. The molecule has 1 unspecified atom stereocenters. The number of ether oxygens (including phenoxy) is 1. The van der Waals surface area contributed by atoms with Crippen molar-refractivity contribution in [3.63, 3.8) is 0 Å². The maximum Gasteiger partial charge on any atom is 0.256 e. The first-order chi connectivity index (χ1) is 17.9. The van der Waals surface area contributed by atoms with E-state index in [2.05, 4.69) is 34.9 Å². The number of amides is 1. The van der Waals surface area contributed by atoms with E-state index >= 15 is 0 Å². The average molecular weight is 502 g/mol. The molecular weight excluding hydrogens is 462 g/mol. The maximum atomic E-state index is 13.3. The van der Waals surface area contributed by atoms with Crippen LogP contribution in [0.15, 0.2) is 67.2 Å². The zero-order chi connectivity index (χ0) is 26.9. The van der Waals surface area contributed by atoms with Gasteiger partial charge in [0.05, 0.1) is 18.9 Å². The van der Waals surface area contributed by atoms with Crippen LogP contribution in [0.4, 0.5) is 5.69 Å². The van der Waals surface area contributed by atoms with Gasteiger partial charge in [-0.05, 0) is 62.3 Å². The minimum Gasteiger partial charge on any atom is -0.504 e. The van der Waals surface area contributed by atoms with Gasteiger partial charge < -0.3 is 25.3 Å². The van der Waals surface area contributed by atoms with Gasteiger partial charge in [-0.2, -0.15) is 0 Å². The molecule has 1 fully saturated rings. The summed E-state index contributed by atoms with van der Waals surface area (Å²) in [5, 5.41) is 1.02. The van der Waals surface area contributed by atoms with E-state index in [9.17, 15) is 4.79 Å². The molecule has 1 saturated heterocycles. The van der Waals surface area contributed by atoms with Crippen LogP contribution in [-0.2, 0) is 4.74 Å². The summed E-state index contributed by atoms with van der Waals surface area (Å²) in [5.41, 5.74) is 12.1. The standard InChI is InChI=1S/C28H33N5O2.C2H6/c1-19(8-6-5-7-13-35-4)25-17-31-27-23(25)15-21(16-30-27)20-9-10-26(29)24(14-20)28(34)33(3)22-11-12-32(2)18-22;1-2/h5-10,13-17,22H,11-12,18,29H2,1-4H3,(H,30,31);1-2H3/b6-5-,13-7+,19-8+;. The monoisotopic (exact) mass is 501 g/mol. The zero-order valence-corrected chi connectivity index (χ0v) is 22.8. The van der Waals surface area contributed by atoms with Crippen LogP contribution in [0.5, 0.6) is 0 Å². The topological polar surface area (TPSA) is 87.5 Å². The number of pyridine rings is 1. The number of hydrogen-bond acceptors (Lipinski definition) is 5. The van der Waals surface area contributed by atoms with Gasteiger partial charge in [0, 0.05) is 54.2 Å². The summed E-state index contributed by atoms with van der Waals surface area (Å²) in [6.45, 7) is 7.94. The van der Waals surface area contributed by atoms with Crippen molar-refractivity contribution in [2.45, 2.75) is 33.2 Å². The van der Waals surface area contributed by atoms with Crippen molar-refractivity contribution in [3.8, 4) is 11.1 Å². The van der Waals surface area contributed by atoms with Crippen molar-refractivity contribution >= 4 is 28.2 Å². The van der Waals surface area contributed by atoms with Crippen LogP contribution in [-0.4, -0.2) is 66.0 Å². The van der Waals surface area contributed by atoms with Crippen molar-refractivity contribution < 1.29 is 9.53 Å². The first-order valence-electron chi connectivity index (χ1n) is 12.7. The summed E-state index contributed by atoms with van der Waals surface area (Å²) in [6.07, 6.45) is 14.2. The number of H-pyrrole nitrogens is 1. The number of nitrogens with one attached hydrogen (secondary N) is 1. The number of nitrogens with two attached hydrogens (primary N) is 1. The second-order valence-electron chi connectivity index (χ2n) is 9.04. The molecule has 0 spiro atoms. The molecule has 37 heavy (non-hydrogen) atoms. The Morgan fingerprint density at radius 1 is 1.19 bits per heavy atom. The second-order valence-corrected chi connectivity index (χ2v) is 9.04. The molecule has 7 heteroatoms. The molecule has 196 valence electrons. The van der Waals surface area contributed by atoms with Crippen molar-refractivity contribution in [3.05, 3.63) is 78.4 Å². The Labute approximate surface area is 220 Å². The Hall–Kier alpha value is -3.84. The number of anilines is 1. The predicted molar refractivity (Wildman–Crippen MR) is 154 cm³/mol. The Kier molecular flexibility index (Phi) is 9.69. The van der Waals surface area contributed by atoms with Gasteiger partial charge in [-0.3, -0.25) is 4.79 Å². The molecule has 1 atom stereocenters.